The molecule has 0 N–H and O–H groups in total. The Bertz CT molecular complexity index is 13.5. The van der Waals surface area contributed by atoms with E-state index in [2.05, 4.69) is 0 Å². The van der Waals surface area contributed by atoms with E-state index in [1.165, 1.54) is 0 Å². The van der Waals surface area contributed by atoms with Crippen LogP contribution in [0.25, 0.3) is 0 Å². The molecule has 0 aromatic heterocycles. The minimum atomic E-state index is 0. The number of rotatable bonds is 0. The first-order valence-electron chi connectivity index (χ1n) is 0. The second kappa shape index (κ2) is 17.8. The van der Waals surface area contributed by atoms with Crippen molar-refractivity contribution in [2.75, 3.05) is 0 Å². The first-order valence-corrected chi connectivity index (χ1v) is 0. The predicted octanol–water partition coefficient (Wildman–Crippen LogP) is -1.34. The summed E-state index contributed by atoms with van der Waals surface area (Å²) in [5.41, 5.74) is 0. The molecular weight excluding hydrogens is 187 g/mol. The Morgan fingerprint density at radius 1 is 1.25 bits per heavy atom. The summed E-state index contributed by atoms with van der Waals surface area (Å²) in [5, 5.41) is 0. The van der Waals surface area contributed by atoms with E-state index in [9.17, 15) is 0 Å². The van der Waals surface area contributed by atoms with Gasteiger partial charge in [-0.1, -0.05) is 0 Å². The Labute approximate surface area is 84.4 Å². The standard InChI is InChI=1S/Ca.Cu.Mn.H3Si.2H/h;;;1H3;;/q+2;;;;2*-1. The van der Waals surface area contributed by atoms with Crippen molar-refractivity contribution in [3.8, 4) is 0 Å². The zero-order chi connectivity index (χ0) is 0. The van der Waals surface area contributed by atoms with Gasteiger partial charge in [-0.15, -0.1) is 0 Å². The fraction of sp³-hybridized carbons (Fsp3) is 0. The molecule has 0 nitrogen and oxygen atoms in total. The van der Waals surface area contributed by atoms with E-state index in [0.29, 0.717) is 0 Å². The minimum absolute atomic E-state index is 0. The summed E-state index contributed by atoms with van der Waals surface area (Å²) in [6, 6.07) is 0. The summed E-state index contributed by atoms with van der Waals surface area (Å²) >= 11 is 0. The van der Waals surface area contributed by atoms with Crippen molar-refractivity contribution >= 4 is 48.7 Å². The van der Waals surface area contributed by atoms with Gasteiger partial charge in [-0.25, -0.2) is 0 Å². The van der Waals surface area contributed by atoms with Gasteiger partial charge in [0, 0.05) is 34.1 Å². The molecule has 0 saturated carbocycles. The van der Waals surface area contributed by atoms with Gasteiger partial charge < -0.3 is 2.85 Å². The molecule has 3 radical (unpaired) electrons. The van der Waals surface area contributed by atoms with Crippen LogP contribution in [0.5, 0.6) is 0 Å². The first-order chi connectivity index (χ1) is 0. The molecule has 0 bridgehead atoms. The topological polar surface area (TPSA) is 0 Å². The predicted molar refractivity (Wildman–Crippen MR) is 17.9 cm³/mol. The van der Waals surface area contributed by atoms with Crippen molar-refractivity contribution in [2.45, 2.75) is 0 Å². The maximum absolute atomic E-state index is 0. The quantitative estimate of drug-likeness (QED) is 0.416. The van der Waals surface area contributed by atoms with Gasteiger partial charge in [0.25, 0.3) is 0 Å². The number of hydrogen-bond acceptors (Lipinski definition) is 0. The van der Waals surface area contributed by atoms with E-state index in [0.717, 1.165) is 0 Å². The molecule has 0 aliphatic rings. The van der Waals surface area contributed by atoms with E-state index >= 15 is 0 Å². The molecule has 4 heteroatoms. The maximum Gasteiger partial charge on any atom is 2.00 e. The smallest absolute Gasteiger partial charge is 1.00 e. The molecule has 0 aliphatic heterocycles. The molecule has 4 heavy (non-hydrogen) atoms. The molecule has 29 valence electrons. The molecule has 0 aromatic rings. The molecule has 0 atom stereocenters. The summed E-state index contributed by atoms with van der Waals surface area (Å²) in [5.74, 6) is 0. The maximum atomic E-state index is 0. The van der Waals surface area contributed by atoms with Crippen LogP contribution in [0.4, 0.5) is 0 Å². The molecular formula is H5CaCuMnSi. The van der Waals surface area contributed by atoms with E-state index in [4.69, 9.17) is 0 Å². The Morgan fingerprint density at radius 2 is 1.25 bits per heavy atom. The van der Waals surface area contributed by atoms with Gasteiger partial charge in [-0.05, 0) is 11.0 Å². The van der Waals surface area contributed by atoms with Crippen LogP contribution in [-0.2, 0) is 34.1 Å². The van der Waals surface area contributed by atoms with Gasteiger partial charge in [0.1, 0.15) is 0 Å². The third-order valence-electron chi connectivity index (χ3n) is 0. The fourth-order valence-corrected chi connectivity index (χ4v) is 0. The second-order valence-electron chi connectivity index (χ2n) is 0. The third kappa shape index (κ3) is 8.82. The van der Waals surface area contributed by atoms with Gasteiger partial charge in [0.05, 0.1) is 0 Å². The van der Waals surface area contributed by atoms with E-state index < -0.39 is 0 Å². The minimum Gasteiger partial charge on any atom is -1.00 e. The zero-order valence-electron chi connectivity index (χ0n) is 4.39. The fourth-order valence-electron chi connectivity index (χ4n) is 0. The Kier molecular flexibility index (Phi) is 139. The monoisotopic (exact) mass is 191 g/mol. The molecule has 0 spiro atoms. The van der Waals surface area contributed by atoms with Crippen molar-refractivity contribution in [1.82, 2.24) is 0 Å². The average Bonchev–Trinajstić information content (AvgIpc) is 0. The molecule has 0 saturated heterocycles. The van der Waals surface area contributed by atoms with Crippen LogP contribution < -0.4 is 0 Å². The van der Waals surface area contributed by atoms with Gasteiger partial charge in [-0.3, -0.25) is 0 Å². The average molecular weight is 192 g/mol. The van der Waals surface area contributed by atoms with Crippen LogP contribution in [-0.4, -0.2) is 48.7 Å². The van der Waals surface area contributed by atoms with Crippen LogP contribution in [0.3, 0.4) is 0 Å². The van der Waals surface area contributed by atoms with Crippen molar-refractivity contribution < 1.29 is 37.0 Å². The van der Waals surface area contributed by atoms with E-state index in [1.54, 1.807) is 0 Å². The summed E-state index contributed by atoms with van der Waals surface area (Å²) in [4.78, 5) is 0. The summed E-state index contributed by atoms with van der Waals surface area (Å²) in [6.45, 7) is 0. The van der Waals surface area contributed by atoms with Gasteiger partial charge in [-0.2, -0.15) is 0 Å². The van der Waals surface area contributed by atoms with E-state index in [-0.39, 0.29) is 85.7 Å². The summed E-state index contributed by atoms with van der Waals surface area (Å²) in [7, 11) is 0. The number of hydrogen-bond donors (Lipinski definition) is 0. The second-order valence-corrected chi connectivity index (χ2v) is 0. The normalized spacial score (nSPS) is 0. The van der Waals surface area contributed by atoms with E-state index in [1.807, 2.05) is 0 Å². The Hall–Kier alpha value is 2.52. The molecule has 0 fully saturated rings. The zero-order valence-corrected chi connectivity index (χ0v) is 8.72. The molecule has 0 unspecified atom stereocenters. The molecule has 0 aliphatic carbocycles. The van der Waals surface area contributed by atoms with Gasteiger partial charge in [0.15, 0.2) is 0 Å². The largest absolute Gasteiger partial charge is 2.00 e. The summed E-state index contributed by atoms with van der Waals surface area (Å²) in [6.07, 6.45) is 0. The van der Waals surface area contributed by atoms with Gasteiger partial charge in [0.2, 0.25) is 0 Å². The van der Waals surface area contributed by atoms with Crippen LogP contribution in [0, 0.1) is 0 Å². The SMILES string of the molecule is [Ca+2].[Cu].[H-].[H-].[Mn].[SiH3]. The van der Waals surface area contributed by atoms with Crippen molar-refractivity contribution in [1.29, 1.82) is 0 Å². The molecule has 0 amide bonds. The summed E-state index contributed by atoms with van der Waals surface area (Å²) < 4.78 is 0. The van der Waals surface area contributed by atoms with Crippen LogP contribution in [0.2, 0.25) is 0 Å². The Balaban J connectivity index is 0. The van der Waals surface area contributed by atoms with Crippen LogP contribution in [0.15, 0.2) is 0 Å². The molecule has 0 rings (SSSR count). The van der Waals surface area contributed by atoms with Crippen molar-refractivity contribution in [2.24, 2.45) is 0 Å². The van der Waals surface area contributed by atoms with Crippen molar-refractivity contribution in [3.63, 3.8) is 0 Å². The Morgan fingerprint density at radius 3 is 1.25 bits per heavy atom. The van der Waals surface area contributed by atoms with Gasteiger partial charge >= 0.3 is 37.7 Å². The third-order valence-corrected chi connectivity index (χ3v) is 0. The van der Waals surface area contributed by atoms with Crippen LogP contribution >= 0.6 is 0 Å². The van der Waals surface area contributed by atoms with Crippen molar-refractivity contribution in [3.05, 3.63) is 0 Å². The first kappa shape index (κ1) is 31.3. The molecule has 0 aromatic carbocycles. The molecule has 0 heterocycles. The van der Waals surface area contributed by atoms with Crippen LogP contribution in [0.1, 0.15) is 2.85 Å².